The zero-order valence-corrected chi connectivity index (χ0v) is 13.5. The van der Waals surface area contributed by atoms with Gasteiger partial charge < -0.3 is 14.0 Å². The number of rotatable bonds is 6. The molecule has 0 aliphatic carbocycles. The Kier molecular flexibility index (Phi) is 4.85. The molecule has 0 amide bonds. The van der Waals surface area contributed by atoms with Crippen LogP contribution < -0.4 is 4.74 Å². The summed E-state index contributed by atoms with van der Waals surface area (Å²) in [5.74, 6) is -0.268. The number of esters is 1. The van der Waals surface area contributed by atoms with E-state index >= 15 is 0 Å². The van der Waals surface area contributed by atoms with E-state index in [0.29, 0.717) is 11.4 Å². The van der Waals surface area contributed by atoms with E-state index in [4.69, 9.17) is 14.0 Å². The van der Waals surface area contributed by atoms with Crippen molar-refractivity contribution in [2.45, 2.75) is 13.0 Å². The number of nitrogens with zero attached hydrogens (tertiary/aromatic N) is 2. The molecule has 0 unspecified atom stereocenters. The highest BCUT2D eigenvalue weighted by Gasteiger charge is 2.13. The SMILES string of the molecule is COc1ccc(CC(=O)OCc2nc(-c3cccs3)no2)cc1F. The van der Waals surface area contributed by atoms with Gasteiger partial charge in [-0.15, -0.1) is 11.3 Å². The molecule has 0 aliphatic heterocycles. The van der Waals surface area contributed by atoms with Crippen LogP contribution in [-0.4, -0.2) is 23.2 Å². The summed E-state index contributed by atoms with van der Waals surface area (Å²) in [5, 5.41) is 5.72. The number of halogens is 1. The van der Waals surface area contributed by atoms with Crippen LogP contribution in [0.5, 0.6) is 5.75 Å². The molecule has 0 N–H and O–H groups in total. The molecule has 2 heterocycles. The Hall–Kier alpha value is -2.74. The molecule has 3 aromatic rings. The van der Waals surface area contributed by atoms with Crippen LogP contribution in [0.3, 0.4) is 0 Å². The number of ether oxygens (including phenoxy) is 2. The molecule has 0 saturated heterocycles. The predicted octanol–water partition coefficient (Wildman–Crippen LogP) is 3.23. The van der Waals surface area contributed by atoms with Gasteiger partial charge in [0.25, 0.3) is 5.89 Å². The van der Waals surface area contributed by atoms with Gasteiger partial charge in [0, 0.05) is 0 Å². The second kappa shape index (κ2) is 7.22. The van der Waals surface area contributed by atoms with E-state index < -0.39 is 11.8 Å². The number of carbonyl (C=O) groups is 1. The minimum atomic E-state index is -0.528. The minimum absolute atomic E-state index is 0.0627. The summed E-state index contributed by atoms with van der Waals surface area (Å²) in [7, 11) is 1.38. The van der Waals surface area contributed by atoms with E-state index in [-0.39, 0.29) is 24.7 Å². The molecule has 0 fully saturated rings. The number of hydrogen-bond acceptors (Lipinski definition) is 7. The van der Waals surface area contributed by atoms with Gasteiger partial charge >= 0.3 is 5.97 Å². The molecule has 0 spiro atoms. The van der Waals surface area contributed by atoms with E-state index in [9.17, 15) is 9.18 Å². The van der Waals surface area contributed by atoms with Crippen molar-refractivity contribution in [2.75, 3.05) is 7.11 Å². The lowest BCUT2D eigenvalue weighted by Gasteiger charge is -2.05. The average molecular weight is 348 g/mol. The molecule has 0 radical (unpaired) electrons. The number of benzene rings is 1. The molecule has 0 saturated carbocycles. The molecular weight excluding hydrogens is 335 g/mol. The van der Waals surface area contributed by atoms with Crippen molar-refractivity contribution < 1.29 is 23.2 Å². The third kappa shape index (κ3) is 3.77. The van der Waals surface area contributed by atoms with Crippen molar-refractivity contribution in [3.8, 4) is 16.5 Å². The number of thiophene rings is 1. The van der Waals surface area contributed by atoms with Gasteiger partial charge in [-0.25, -0.2) is 4.39 Å². The first-order chi connectivity index (χ1) is 11.7. The summed E-state index contributed by atoms with van der Waals surface area (Å²) in [6.45, 7) is -0.129. The zero-order valence-electron chi connectivity index (χ0n) is 12.7. The smallest absolute Gasteiger partial charge is 0.310 e. The van der Waals surface area contributed by atoms with E-state index in [2.05, 4.69) is 10.1 Å². The van der Waals surface area contributed by atoms with Gasteiger partial charge in [0.05, 0.1) is 18.4 Å². The van der Waals surface area contributed by atoms with Crippen molar-refractivity contribution >= 4 is 17.3 Å². The fourth-order valence-corrected chi connectivity index (χ4v) is 2.65. The van der Waals surface area contributed by atoms with Crippen molar-refractivity contribution in [1.29, 1.82) is 0 Å². The van der Waals surface area contributed by atoms with Crippen LogP contribution in [0.2, 0.25) is 0 Å². The lowest BCUT2D eigenvalue weighted by Crippen LogP contribution is -2.08. The number of methoxy groups -OCH3 is 1. The Balaban J connectivity index is 1.55. The summed E-state index contributed by atoms with van der Waals surface area (Å²) < 4.78 is 28.5. The third-order valence-corrected chi connectivity index (χ3v) is 4.00. The highest BCUT2D eigenvalue weighted by molar-refractivity contribution is 7.13. The van der Waals surface area contributed by atoms with Gasteiger partial charge in [-0.2, -0.15) is 4.98 Å². The van der Waals surface area contributed by atoms with Crippen molar-refractivity contribution in [3.63, 3.8) is 0 Å². The maximum atomic E-state index is 13.6. The van der Waals surface area contributed by atoms with Crippen LogP contribution in [0.4, 0.5) is 4.39 Å². The normalized spacial score (nSPS) is 10.6. The standard InChI is InChI=1S/C16H13FN2O4S/c1-21-12-5-4-10(7-11(12)17)8-15(20)22-9-14-18-16(19-23-14)13-3-2-6-24-13/h2-7H,8-9H2,1H3. The Morgan fingerprint density at radius 1 is 1.38 bits per heavy atom. The van der Waals surface area contributed by atoms with Crippen LogP contribution in [0.25, 0.3) is 10.7 Å². The Labute approximate surface area is 140 Å². The highest BCUT2D eigenvalue weighted by atomic mass is 32.1. The molecule has 3 rings (SSSR count). The number of hydrogen-bond donors (Lipinski definition) is 0. The monoisotopic (exact) mass is 348 g/mol. The van der Waals surface area contributed by atoms with Gasteiger partial charge in [-0.1, -0.05) is 17.3 Å². The molecule has 0 aliphatic rings. The molecule has 2 aromatic heterocycles. The Morgan fingerprint density at radius 2 is 2.25 bits per heavy atom. The third-order valence-electron chi connectivity index (χ3n) is 3.13. The van der Waals surface area contributed by atoms with E-state index in [1.165, 1.54) is 30.6 Å². The summed E-state index contributed by atoms with van der Waals surface area (Å²) in [5.41, 5.74) is 0.489. The number of aromatic nitrogens is 2. The quantitative estimate of drug-likeness (QED) is 0.637. The molecule has 0 atom stereocenters. The topological polar surface area (TPSA) is 74.5 Å². The molecule has 8 heteroatoms. The van der Waals surface area contributed by atoms with E-state index in [1.54, 1.807) is 6.07 Å². The molecule has 1 aromatic carbocycles. The van der Waals surface area contributed by atoms with Crippen LogP contribution in [0, 0.1) is 5.82 Å². The predicted molar refractivity (Wildman–Crippen MR) is 84.1 cm³/mol. The first-order valence-corrected chi connectivity index (χ1v) is 7.88. The van der Waals surface area contributed by atoms with Crippen LogP contribution in [-0.2, 0) is 22.6 Å². The maximum Gasteiger partial charge on any atom is 0.310 e. The van der Waals surface area contributed by atoms with Crippen molar-refractivity contribution in [3.05, 3.63) is 53.0 Å². The van der Waals surface area contributed by atoms with Crippen molar-refractivity contribution in [2.24, 2.45) is 0 Å². The van der Waals surface area contributed by atoms with E-state index in [1.807, 2.05) is 17.5 Å². The number of carbonyl (C=O) groups excluding carboxylic acids is 1. The van der Waals surface area contributed by atoms with Crippen LogP contribution in [0.1, 0.15) is 11.5 Å². The second-order valence-electron chi connectivity index (χ2n) is 4.80. The van der Waals surface area contributed by atoms with Crippen LogP contribution >= 0.6 is 11.3 Å². The first-order valence-electron chi connectivity index (χ1n) is 7.00. The first kappa shape index (κ1) is 16.1. The second-order valence-corrected chi connectivity index (χ2v) is 5.74. The fraction of sp³-hybridized carbons (Fsp3) is 0.188. The summed E-state index contributed by atoms with van der Waals surface area (Å²) >= 11 is 1.48. The van der Waals surface area contributed by atoms with Gasteiger partial charge in [-0.3, -0.25) is 4.79 Å². The van der Waals surface area contributed by atoms with Gasteiger partial charge in [0.2, 0.25) is 5.82 Å². The lowest BCUT2D eigenvalue weighted by atomic mass is 10.1. The summed E-state index contributed by atoms with van der Waals surface area (Å²) in [6.07, 6.45) is -0.0627. The average Bonchev–Trinajstić information content (AvgIpc) is 3.24. The Bertz CT molecular complexity index is 832. The molecule has 24 heavy (non-hydrogen) atoms. The largest absolute Gasteiger partial charge is 0.494 e. The van der Waals surface area contributed by atoms with E-state index in [0.717, 1.165) is 4.88 Å². The van der Waals surface area contributed by atoms with Crippen molar-refractivity contribution in [1.82, 2.24) is 10.1 Å². The minimum Gasteiger partial charge on any atom is -0.494 e. The van der Waals surface area contributed by atoms with Crippen LogP contribution in [0.15, 0.2) is 40.2 Å². The Morgan fingerprint density at radius 3 is 2.96 bits per heavy atom. The molecular formula is C16H13FN2O4S. The summed E-state index contributed by atoms with van der Waals surface area (Å²) in [4.78, 5) is 16.8. The summed E-state index contributed by atoms with van der Waals surface area (Å²) in [6, 6.07) is 8.04. The molecule has 0 bridgehead atoms. The van der Waals surface area contributed by atoms with Gasteiger partial charge in [0.15, 0.2) is 18.2 Å². The highest BCUT2D eigenvalue weighted by Crippen LogP contribution is 2.21. The fourth-order valence-electron chi connectivity index (χ4n) is 2.00. The molecule has 124 valence electrons. The van der Waals surface area contributed by atoms with Gasteiger partial charge in [-0.05, 0) is 29.1 Å². The molecule has 6 nitrogen and oxygen atoms in total. The zero-order chi connectivity index (χ0) is 16.9. The van der Waals surface area contributed by atoms with Gasteiger partial charge in [0.1, 0.15) is 0 Å². The maximum absolute atomic E-state index is 13.6. The lowest BCUT2D eigenvalue weighted by molar-refractivity contribution is -0.144.